The first kappa shape index (κ1) is 13.4. The highest BCUT2D eigenvalue weighted by molar-refractivity contribution is 7.90. The molecule has 3 atom stereocenters. The third-order valence-electron chi connectivity index (χ3n) is 2.76. The minimum Gasteiger partial charge on any atom is -0.377 e. The van der Waals surface area contributed by atoms with Crippen molar-refractivity contribution in [2.24, 2.45) is 0 Å². The van der Waals surface area contributed by atoms with Crippen LogP contribution >= 0.6 is 0 Å². The zero-order valence-electron chi connectivity index (χ0n) is 9.64. The van der Waals surface area contributed by atoms with Gasteiger partial charge in [0.05, 0.1) is 12.2 Å². The molecule has 1 fully saturated rings. The van der Waals surface area contributed by atoms with Gasteiger partial charge in [0, 0.05) is 12.6 Å². The smallest absolute Gasteiger partial charge is 0.228 e. The molecule has 1 heterocycles. The van der Waals surface area contributed by atoms with E-state index in [1.807, 2.05) is 0 Å². The third-order valence-corrected chi connectivity index (χ3v) is 4.65. The van der Waals surface area contributed by atoms with E-state index in [2.05, 4.69) is 4.72 Å². The summed E-state index contributed by atoms with van der Waals surface area (Å²) in [7, 11) is -3.55. The van der Waals surface area contributed by atoms with Gasteiger partial charge in [-0.15, -0.1) is 0 Å². The van der Waals surface area contributed by atoms with Crippen LogP contribution in [0.4, 0.5) is 0 Å². The summed E-state index contributed by atoms with van der Waals surface area (Å²) in [5.74, 6) is 0. The van der Waals surface area contributed by atoms with E-state index < -0.39 is 15.3 Å². The van der Waals surface area contributed by atoms with Crippen molar-refractivity contribution in [2.45, 2.75) is 50.5 Å². The zero-order chi connectivity index (χ0) is 12.2. The predicted octanol–water partition coefficient (Wildman–Crippen LogP) is 0.775. The lowest BCUT2D eigenvalue weighted by molar-refractivity contribution is 0.0902. The summed E-state index contributed by atoms with van der Waals surface area (Å²) < 4.78 is 31.5. The number of ether oxygens (including phenoxy) is 1. The molecule has 0 radical (unpaired) electrons. The molecule has 5 nitrogen and oxygen atoms in total. The van der Waals surface area contributed by atoms with Gasteiger partial charge in [0.15, 0.2) is 5.25 Å². The van der Waals surface area contributed by atoms with Crippen molar-refractivity contribution in [3.05, 3.63) is 0 Å². The van der Waals surface area contributed by atoms with Crippen molar-refractivity contribution in [1.82, 2.24) is 4.72 Å². The van der Waals surface area contributed by atoms with Crippen LogP contribution in [0.1, 0.15) is 33.1 Å². The van der Waals surface area contributed by atoms with Crippen molar-refractivity contribution in [1.29, 1.82) is 5.26 Å². The van der Waals surface area contributed by atoms with Crippen molar-refractivity contribution >= 4 is 10.0 Å². The molecular formula is C10H18N2O3S. The standard InChI is InChI=1S/C10H18N2O3S/c1-3-9(7-11)16(13,14)12-8(2)10-5-4-6-15-10/h8-10,12H,3-6H2,1-2H3. The molecule has 0 spiro atoms. The molecule has 92 valence electrons. The Labute approximate surface area is 96.8 Å². The fourth-order valence-electron chi connectivity index (χ4n) is 1.79. The Balaban J connectivity index is 2.61. The summed E-state index contributed by atoms with van der Waals surface area (Å²) in [6.07, 6.45) is 2.06. The van der Waals surface area contributed by atoms with E-state index >= 15 is 0 Å². The van der Waals surface area contributed by atoms with Crippen LogP contribution in [0.2, 0.25) is 0 Å². The number of nitrogens with zero attached hydrogens (tertiary/aromatic N) is 1. The second-order valence-corrected chi connectivity index (χ2v) is 5.92. The first-order valence-corrected chi connectivity index (χ1v) is 7.08. The fraction of sp³-hybridized carbons (Fsp3) is 0.900. The monoisotopic (exact) mass is 246 g/mol. The van der Waals surface area contributed by atoms with Crippen LogP contribution in [0, 0.1) is 11.3 Å². The van der Waals surface area contributed by atoms with Crippen LogP contribution in [-0.2, 0) is 14.8 Å². The van der Waals surface area contributed by atoms with E-state index in [4.69, 9.17) is 10.00 Å². The molecule has 1 aliphatic heterocycles. The van der Waals surface area contributed by atoms with Crippen LogP contribution < -0.4 is 4.72 Å². The maximum atomic E-state index is 11.8. The lowest BCUT2D eigenvalue weighted by Gasteiger charge is -2.21. The second kappa shape index (κ2) is 5.62. The number of hydrogen-bond acceptors (Lipinski definition) is 4. The van der Waals surface area contributed by atoms with Crippen molar-refractivity contribution in [3.8, 4) is 6.07 Å². The SMILES string of the molecule is CCC(C#N)S(=O)(=O)NC(C)C1CCCO1. The molecule has 1 aliphatic rings. The van der Waals surface area contributed by atoms with Crippen LogP contribution in [0.3, 0.4) is 0 Å². The molecule has 1 rings (SSSR count). The first-order valence-electron chi connectivity index (χ1n) is 5.53. The van der Waals surface area contributed by atoms with Gasteiger partial charge in [-0.1, -0.05) is 6.92 Å². The highest BCUT2D eigenvalue weighted by Gasteiger charge is 2.30. The van der Waals surface area contributed by atoms with Gasteiger partial charge in [0.1, 0.15) is 0 Å². The second-order valence-electron chi connectivity index (χ2n) is 4.03. The summed E-state index contributed by atoms with van der Waals surface area (Å²) in [6.45, 7) is 4.15. The number of hydrogen-bond donors (Lipinski definition) is 1. The summed E-state index contributed by atoms with van der Waals surface area (Å²) in [5.41, 5.74) is 0. The number of rotatable bonds is 5. The number of nitrogens with one attached hydrogen (secondary N) is 1. The van der Waals surface area contributed by atoms with Gasteiger partial charge in [-0.2, -0.15) is 5.26 Å². The van der Waals surface area contributed by atoms with Crippen LogP contribution in [0.25, 0.3) is 0 Å². The van der Waals surface area contributed by atoms with E-state index in [-0.39, 0.29) is 12.1 Å². The van der Waals surface area contributed by atoms with Gasteiger partial charge in [0.2, 0.25) is 10.0 Å². The minimum absolute atomic E-state index is 0.0639. The lowest BCUT2D eigenvalue weighted by Crippen LogP contribution is -2.44. The van der Waals surface area contributed by atoms with Crippen LogP contribution in [0.15, 0.2) is 0 Å². The van der Waals surface area contributed by atoms with E-state index in [9.17, 15) is 8.42 Å². The highest BCUT2D eigenvalue weighted by Crippen LogP contribution is 2.16. The molecule has 0 aliphatic carbocycles. The molecule has 1 saturated heterocycles. The molecule has 0 saturated carbocycles. The molecular weight excluding hydrogens is 228 g/mol. The maximum Gasteiger partial charge on any atom is 0.228 e. The summed E-state index contributed by atoms with van der Waals surface area (Å²) >= 11 is 0. The Morgan fingerprint density at radius 3 is 2.75 bits per heavy atom. The number of sulfonamides is 1. The van der Waals surface area contributed by atoms with Crippen molar-refractivity contribution < 1.29 is 13.2 Å². The third kappa shape index (κ3) is 3.17. The molecule has 3 unspecified atom stereocenters. The molecule has 16 heavy (non-hydrogen) atoms. The molecule has 0 bridgehead atoms. The van der Waals surface area contributed by atoms with E-state index in [1.54, 1.807) is 19.9 Å². The molecule has 0 amide bonds. The molecule has 0 aromatic heterocycles. The Kier molecular flexibility index (Phi) is 4.71. The normalized spacial score (nSPS) is 24.9. The van der Waals surface area contributed by atoms with Crippen molar-refractivity contribution in [3.63, 3.8) is 0 Å². The summed E-state index contributed by atoms with van der Waals surface area (Å²) in [5, 5.41) is 7.76. The van der Waals surface area contributed by atoms with Gasteiger partial charge in [-0.25, -0.2) is 13.1 Å². The van der Waals surface area contributed by atoms with Crippen LogP contribution in [0.5, 0.6) is 0 Å². The fourth-order valence-corrected chi connectivity index (χ4v) is 3.21. The molecule has 0 aromatic carbocycles. The molecule has 6 heteroatoms. The van der Waals surface area contributed by atoms with Gasteiger partial charge >= 0.3 is 0 Å². The topological polar surface area (TPSA) is 79.2 Å². The van der Waals surface area contributed by atoms with Crippen LogP contribution in [-0.4, -0.2) is 32.4 Å². The average Bonchev–Trinajstić information content (AvgIpc) is 2.70. The average molecular weight is 246 g/mol. The minimum atomic E-state index is -3.55. The van der Waals surface area contributed by atoms with E-state index in [0.717, 1.165) is 12.8 Å². The Morgan fingerprint density at radius 1 is 1.62 bits per heavy atom. The lowest BCUT2D eigenvalue weighted by atomic mass is 10.1. The Bertz CT molecular complexity index is 355. The predicted molar refractivity (Wildman–Crippen MR) is 60.2 cm³/mol. The van der Waals surface area contributed by atoms with Crippen molar-refractivity contribution in [2.75, 3.05) is 6.61 Å². The van der Waals surface area contributed by atoms with Gasteiger partial charge in [0.25, 0.3) is 0 Å². The quantitative estimate of drug-likeness (QED) is 0.777. The van der Waals surface area contributed by atoms with E-state index in [1.165, 1.54) is 0 Å². The van der Waals surface area contributed by atoms with E-state index in [0.29, 0.717) is 13.0 Å². The summed E-state index contributed by atoms with van der Waals surface area (Å²) in [4.78, 5) is 0. The first-order chi connectivity index (χ1) is 7.51. The Morgan fingerprint density at radius 2 is 2.31 bits per heavy atom. The maximum absolute atomic E-state index is 11.8. The molecule has 1 N–H and O–H groups in total. The highest BCUT2D eigenvalue weighted by atomic mass is 32.2. The van der Waals surface area contributed by atoms with Gasteiger partial charge in [-0.3, -0.25) is 0 Å². The largest absolute Gasteiger partial charge is 0.377 e. The summed E-state index contributed by atoms with van der Waals surface area (Å²) in [6, 6.07) is 1.53. The number of nitriles is 1. The Hall–Kier alpha value is -0.640. The van der Waals surface area contributed by atoms with Gasteiger partial charge < -0.3 is 4.74 Å². The van der Waals surface area contributed by atoms with Gasteiger partial charge in [-0.05, 0) is 26.2 Å². The molecule has 0 aromatic rings. The zero-order valence-corrected chi connectivity index (χ0v) is 10.5.